The first-order valence-corrected chi connectivity index (χ1v) is 9.87. The fourth-order valence-corrected chi connectivity index (χ4v) is 3.84. The molecule has 2 aromatic carbocycles. The largest absolute Gasteiger partial charge is 0.488 e. The molecule has 0 radical (unpaired) electrons. The molecule has 30 heavy (non-hydrogen) atoms. The summed E-state index contributed by atoms with van der Waals surface area (Å²) in [6, 6.07) is 11.0. The van der Waals surface area contributed by atoms with Crippen LogP contribution in [0.2, 0.25) is 0 Å². The number of ether oxygens (including phenoxy) is 2. The number of amides is 2. The van der Waals surface area contributed by atoms with Gasteiger partial charge in [0.2, 0.25) is 5.91 Å². The van der Waals surface area contributed by atoms with Gasteiger partial charge in [0, 0.05) is 19.5 Å². The monoisotopic (exact) mass is 416 g/mol. The molecule has 2 aliphatic rings. The van der Waals surface area contributed by atoms with Gasteiger partial charge in [-0.25, -0.2) is 8.78 Å². The minimum atomic E-state index is -0.827. The Hall–Kier alpha value is -3.00. The summed E-state index contributed by atoms with van der Waals surface area (Å²) in [7, 11) is 0. The third-order valence-corrected chi connectivity index (χ3v) is 5.34. The normalized spacial score (nSPS) is 21.5. The quantitative estimate of drug-likeness (QED) is 0.769. The molecule has 2 aliphatic heterocycles. The fourth-order valence-electron chi connectivity index (χ4n) is 3.84. The van der Waals surface area contributed by atoms with E-state index in [-0.39, 0.29) is 18.9 Å². The second-order valence-corrected chi connectivity index (χ2v) is 7.32. The smallest absolute Gasteiger partial charge is 0.257 e. The average Bonchev–Trinajstić information content (AvgIpc) is 3.19. The number of likely N-dealkylation sites (tertiary alicyclic amines) is 1. The number of hydrogen-bond donors (Lipinski definition) is 0. The van der Waals surface area contributed by atoms with Crippen molar-refractivity contribution in [2.45, 2.75) is 18.6 Å². The van der Waals surface area contributed by atoms with Crippen LogP contribution >= 0.6 is 0 Å². The van der Waals surface area contributed by atoms with E-state index in [1.165, 1.54) is 4.90 Å². The maximum Gasteiger partial charge on any atom is 0.257 e. The Balaban J connectivity index is 1.59. The molecule has 2 amide bonds. The van der Waals surface area contributed by atoms with E-state index in [2.05, 4.69) is 0 Å². The van der Waals surface area contributed by atoms with Gasteiger partial charge in [0.1, 0.15) is 29.5 Å². The lowest BCUT2D eigenvalue weighted by Crippen LogP contribution is -2.51. The molecule has 0 unspecified atom stereocenters. The molecular weight excluding hydrogens is 394 g/mol. The number of rotatable bonds is 4. The van der Waals surface area contributed by atoms with Crippen molar-refractivity contribution >= 4 is 11.8 Å². The van der Waals surface area contributed by atoms with Crippen LogP contribution in [0.4, 0.5) is 8.78 Å². The highest BCUT2D eigenvalue weighted by Gasteiger charge is 2.43. The summed E-state index contributed by atoms with van der Waals surface area (Å²) in [5.41, 5.74) is -0.393. The van der Waals surface area contributed by atoms with E-state index in [4.69, 9.17) is 9.47 Å². The van der Waals surface area contributed by atoms with Crippen LogP contribution in [0.3, 0.4) is 0 Å². The van der Waals surface area contributed by atoms with Crippen molar-refractivity contribution in [1.82, 2.24) is 9.80 Å². The van der Waals surface area contributed by atoms with Gasteiger partial charge >= 0.3 is 0 Å². The summed E-state index contributed by atoms with van der Waals surface area (Å²) in [4.78, 5) is 29.2. The lowest BCUT2D eigenvalue weighted by Gasteiger charge is -2.32. The van der Waals surface area contributed by atoms with Crippen LogP contribution in [0, 0.1) is 11.6 Å². The Kier molecular flexibility index (Phi) is 5.94. The van der Waals surface area contributed by atoms with Crippen molar-refractivity contribution in [2.24, 2.45) is 0 Å². The summed E-state index contributed by atoms with van der Waals surface area (Å²) in [5.74, 6) is -1.88. The number of halogens is 2. The summed E-state index contributed by atoms with van der Waals surface area (Å²) in [5, 5.41) is 0. The molecule has 158 valence electrons. The standard InChI is InChI=1S/C22H22F2N2O4/c23-15-6-7-19(24)18(12-15)21(27)26-14-17(30-16-4-2-1-3-5-16)13-20(26)22(28)25-8-10-29-11-9-25/h1-7,12,17,20H,8-11,13-14H2/t17-,20+/m0/s1. The second kappa shape index (κ2) is 8.79. The summed E-state index contributed by atoms with van der Waals surface area (Å²) < 4.78 is 39.1. The molecule has 6 nitrogen and oxygen atoms in total. The predicted molar refractivity (Wildman–Crippen MR) is 104 cm³/mol. The molecular formula is C22H22F2N2O4. The van der Waals surface area contributed by atoms with Crippen LogP contribution in [-0.4, -0.2) is 66.6 Å². The van der Waals surface area contributed by atoms with Gasteiger partial charge in [0.05, 0.1) is 25.3 Å². The fraction of sp³-hybridized carbons (Fsp3) is 0.364. The summed E-state index contributed by atoms with van der Waals surface area (Å²) in [6.45, 7) is 1.81. The van der Waals surface area contributed by atoms with Crippen LogP contribution in [-0.2, 0) is 9.53 Å². The number of morpholine rings is 1. The topological polar surface area (TPSA) is 59.1 Å². The first-order chi connectivity index (χ1) is 14.5. The van der Waals surface area contributed by atoms with Crippen molar-refractivity contribution < 1.29 is 27.8 Å². The number of nitrogens with zero attached hydrogens (tertiary/aromatic N) is 2. The zero-order valence-electron chi connectivity index (χ0n) is 16.3. The van der Waals surface area contributed by atoms with Crippen LogP contribution in [0.15, 0.2) is 48.5 Å². The highest BCUT2D eigenvalue weighted by molar-refractivity contribution is 5.98. The van der Waals surface area contributed by atoms with Gasteiger partial charge in [-0.1, -0.05) is 18.2 Å². The number of carbonyl (C=O) groups excluding carboxylic acids is 2. The molecule has 0 aromatic heterocycles. The number of carbonyl (C=O) groups is 2. The Morgan fingerprint density at radius 2 is 1.77 bits per heavy atom. The third-order valence-electron chi connectivity index (χ3n) is 5.34. The van der Waals surface area contributed by atoms with Crippen molar-refractivity contribution in [2.75, 3.05) is 32.8 Å². The molecule has 4 rings (SSSR count). The molecule has 0 spiro atoms. The van der Waals surface area contributed by atoms with Gasteiger partial charge in [-0.15, -0.1) is 0 Å². The zero-order chi connectivity index (χ0) is 21.1. The lowest BCUT2D eigenvalue weighted by atomic mass is 10.1. The second-order valence-electron chi connectivity index (χ2n) is 7.32. The molecule has 0 N–H and O–H groups in total. The Bertz CT molecular complexity index is 919. The SMILES string of the molecule is O=C([C@H]1C[C@H](Oc2ccccc2)CN1C(=O)c1cc(F)ccc1F)N1CCOCC1. The predicted octanol–water partition coefficient (Wildman–Crippen LogP) is 2.49. The molecule has 0 saturated carbocycles. The maximum atomic E-state index is 14.2. The molecule has 0 bridgehead atoms. The minimum absolute atomic E-state index is 0.102. The molecule has 2 aromatic rings. The van der Waals surface area contributed by atoms with E-state index in [1.54, 1.807) is 17.0 Å². The maximum absolute atomic E-state index is 14.2. The van der Waals surface area contributed by atoms with Gasteiger partial charge in [0.15, 0.2) is 0 Å². The highest BCUT2D eigenvalue weighted by Crippen LogP contribution is 2.27. The first-order valence-electron chi connectivity index (χ1n) is 9.87. The summed E-state index contributed by atoms with van der Waals surface area (Å²) >= 11 is 0. The van der Waals surface area contributed by atoms with Crippen LogP contribution in [0.1, 0.15) is 16.8 Å². The minimum Gasteiger partial charge on any atom is -0.488 e. The molecule has 8 heteroatoms. The zero-order valence-corrected chi connectivity index (χ0v) is 16.3. The Morgan fingerprint density at radius 1 is 1.03 bits per heavy atom. The van der Waals surface area contributed by atoms with Gasteiger partial charge in [-0.05, 0) is 30.3 Å². The lowest BCUT2D eigenvalue weighted by molar-refractivity contribution is -0.139. The van der Waals surface area contributed by atoms with Gasteiger partial charge in [0.25, 0.3) is 5.91 Å². The number of hydrogen-bond acceptors (Lipinski definition) is 4. The molecule has 0 aliphatic carbocycles. The van der Waals surface area contributed by atoms with E-state index >= 15 is 0 Å². The van der Waals surface area contributed by atoms with Crippen molar-refractivity contribution in [3.8, 4) is 5.75 Å². The third kappa shape index (κ3) is 4.28. The molecule has 2 atom stereocenters. The van der Waals surface area contributed by atoms with Gasteiger partial charge in [-0.2, -0.15) is 0 Å². The Morgan fingerprint density at radius 3 is 2.50 bits per heavy atom. The van der Waals surface area contributed by atoms with E-state index in [1.807, 2.05) is 18.2 Å². The van der Waals surface area contributed by atoms with Crippen molar-refractivity contribution in [3.63, 3.8) is 0 Å². The molecule has 2 heterocycles. The highest BCUT2D eigenvalue weighted by atomic mass is 19.1. The van der Waals surface area contributed by atoms with Crippen LogP contribution < -0.4 is 4.74 Å². The van der Waals surface area contributed by atoms with Crippen molar-refractivity contribution in [1.29, 1.82) is 0 Å². The first kappa shape index (κ1) is 20.3. The van der Waals surface area contributed by atoms with Gasteiger partial charge < -0.3 is 19.3 Å². The molecule has 2 fully saturated rings. The number of para-hydroxylation sites is 1. The van der Waals surface area contributed by atoms with Gasteiger partial charge in [-0.3, -0.25) is 9.59 Å². The summed E-state index contributed by atoms with van der Waals surface area (Å²) in [6.07, 6.45) is -0.170. The van der Waals surface area contributed by atoms with E-state index in [0.717, 1.165) is 18.2 Å². The van der Waals surface area contributed by atoms with Crippen LogP contribution in [0.5, 0.6) is 5.75 Å². The van der Waals surface area contributed by atoms with E-state index in [9.17, 15) is 18.4 Å². The Labute approximate surface area is 173 Å². The average molecular weight is 416 g/mol. The van der Waals surface area contributed by atoms with E-state index in [0.29, 0.717) is 32.1 Å². The number of benzene rings is 2. The van der Waals surface area contributed by atoms with E-state index < -0.39 is 35.3 Å². The van der Waals surface area contributed by atoms with Crippen molar-refractivity contribution in [3.05, 3.63) is 65.7 Å². The molecule has 2 saturated heterocycles. The van der Waals surface area contributed by atoms with Crippen LogP contribution in [0.25, 0.3) is 0 Å².